The maximum absolute atomic E-state index is 8.88. The van der Waals surface area contributed by atoms with Crippen molar-refractivity contribution in [3.05, 3.63) is 41.9 Å². The van der Waals surface area contributed by atoms with Crippen molar-refractivity contribution in [2.75, 3.05) is 5.73 Å². The third-order valence-electron chi connectivity index (χ3n) is 2.18. The molecule has 0 spiro atoms. The minimum Gasteiger partial charge on any atom is -0.395 e. The van der Waals surface area contributed by atoms with Crippen molar-refractivity contribution in [3.63, 3.8) is 0 Å². The van der Waals surface area contributed by atoms with Crippen molar-refractivity contribution in [2.45, 2.75) is 0 Å². The lowest BCUT2D eigenvalue weighted by Crippen LogP contribution is -2.05. The van der Waals surface area contributed by atoms with Crippen molar-refractivity contribution < 1.29 is 0 Å². The van der Waals surface area contributed by atoms with E-state index in [2.05, 4.69) is 4.98 Å². The Morgan fingerprint density at radius 1 is 1.25 bits per heavy atom. The Hall–Kier alpha value is -2.79. The molecular formula is C11H7N5. The Balaban J connectivity index is 2.67. The Morgan fingerprint density at radius 3 is 2.75 bits per heavy atom. The first-order valence-electron chi connectivity index (χ1n) is 4.50. The van der Waals surface area contributed by atoms with E-state index < -0.39 is 0 Å². The van der Waals surface area contributed by atoms with E-state index >= 15 is 0 Å². The molecule has 0 aliphatic rings. The number of anilines is 1. The summed E-state index contributed by atoms with van der Waals surface area (Å²) in [6.45, 7) is 0. The summed E-state index contributed by atoms with van der Waals surface area (Å²) in [6.07, 6.45) is 3.17. The number of pyridine rings is 1. The molecule has 0 amide bonds. The molecular weight excluding hydrogens is 202 g/mol. The van der Waals surface area contributed by atoms with Gasteiger partial charge in [0.25, 0.3) is 0 Å². The van der Waals surface area contributed by atoms with Crippen LogP contribution in [0.2, 0.25) is 0 Å². The van der Waals surface area contributed by atoms with Gasteiger partial charge in [-0.25, -0.2) is 4.98 Å². The Kier molecular flexibility index (Phi) is 2.29. The van der Waals surface area contributed by atoms with E-state index in [1.54, 1.807) is 22.9 Å². The molecule has 0 atom stereocenters. The minimum absolute atomic E-state index is 0.276. The standard InChI is InChI=1S/C11H7N5/c12-6-8-3-4-15-11(10(8)14)16-5-1-2-9(16)7-13/h1-5H,14H2. The van der Waals surface area contributed by atoms with Gasteiger partial charge in [-0.3, -0.25) is 4.57 Å². The van der Waals surface area contributed by atoms with Gasteiger partial charge in [0, 0.05) is 12.4 Å². The lowest BCUT2D eigenvalue weighted by atomic mass is 10.2. The summed E-state index contributed by atoms with van der Waals surface area (Å²) in [5.74, 6) is 0.403. The maximum Gasteiger partial charge on any atom is 0.162 e. The van der Waals surface area contributed by atoms with Gasteiger partial charge >= 0.3 is 0 Å². The Morgan fingerprint density at radius 2 is 2.06 bits per heavy atom. The van der Waals surface area contributed by atoms with Crippen molar-refractivity contribution in [1.29, 1.82) is 10.5 Å². The molecule has 0 saturated heterocycles. The van der Waals surface area contributed by atoms with Gasteiger partial charge in [0.15, 0.2) is 5.82 Å². The average molecular weight is 209 g/mol. The molecule has 16 heavy (non-hydrogen) atoms. The van der Waals surface area contributed by atoms with Crippen LogP contribution in [-0.2, 0) is 0 Å². The molecule has 76 valence electrons. The highest BCUT2D eigenvalue weighted by molar-refractivity contribution is 5.64. The first kappa shape index (κ1) is 9.75. The van der Waals surface area contributed by atoms with Crippen LogP contribution in [0.15, 0.2) is 30.6 Å². The van der Waals surface area contributed by atoms with Gasteiger partial charge in [-0.15, -0.1) is 0 Å². The van der Waals surface area contributed by atoms with Gasteiger partial charge < -0.3 is 5.73 Å². The smallest absolute Gasteiger partial charge is 0.162 e. The number of nitrogens with two attached hydrogens (primary N) is 1. The summed E-state index contributed by atoms with van der Waals surface area (Å²) < 4.78 is 1.55. The Labute approximate surface area is 92.0 Å². The van der Waals surface area contributed by atoms with E-state index in [-0.39, 0.29) is 5.69 Å². The molecule has 0 fully saturated rings. The normalized spacial score (nSPS) is 9.38. The number of nitrogen functional groups attached to an aromatic ring is 1. The highest BCUT2D eigenvalue weighted by atomic mass is 15.1. The van der Waals surface area contributed by atoms with Crippen LogP contribution in [-0.4, -0.2) is 9.55 Å². The van der Waals surface area contributed by atoms with E-state index in [9.17, 15) is 0 Å². The zero-order chi connectivity index (χ0) is 11.5. The second-order valence-electron chi connectivity index (χ2n) is 3.08. The molecule has 2 heterocycles. The van der Waals surface area contributed by atoms with Crippen LogP contribution in [0.4, 0.5) is 5.69 Å². The van der Waals surface area contributed by atoms with E-state index in [1.165, 1.54) is 12.3 Å². The topological polar surface area (TPSA) is 91.4 Å². The van der Waals surface area contributed by atoms with Gasteiger partial charge in [0.05, 0.1) is 11.3 Å². The molecule has 0 saturated carbocycles. The van der Waals surface area contributed by atoms with E-state index in [4.69, 9.17) is 16.3 Å². The molecule has 5 heteroatoms. The fraction of sp³-hybridized carbons (Fsp3) is 0. The van der Waals surface area contributed by atoms with Crippen molar-refractivity contribution in [2.24, 2.45) is 0 Å². The van der Waals surface area contributed by atoms with Crippen molar-refractivity contribution in [1.82, 2.24) is 9.55 Å². The number of hydrogen-bond acceptors (Lipinski definition) is 4. The van der Waals surface area contributed by atoms with Crippen LogP contribution in [0, 0.1) is 22.7 Å². The predicted octanol–water partition coefficient (Wildman–Crippen LogP) is 1.20. The van der Waals surface area contributed by atoms with Crippen LogP contribution in [0.1, 0.15) is 11.3 Å². The maximum atomic E-state index is 8.88. The number of rotatable bonds is 1. The summed E-state index contributed by atoms with van der Waals surface area (Å²) in [7, 11) is 0. The molecule has 0 aromatic carbocycles. The second kappa shape index (κ2) is 3.76. The quantitative estimate of drug-likeness (QED) is 0.763. The number of nitrogens with zero attached hydrogens (tertiary/aromatic N) is 4. The van der Waals surface area contributed by atoms with Gasteiger partial charge in [-0.2, -0.15) is 10.5 Å². The summed E-state index contributed by atoms with van der Waals surface area (Å²) in [4.78, 5) is 4.07. The summed E-state index contributed by atoms with van der Waals surface area (Å²) in [5.41, 5.74) is 6.84. The second-order valence-corrected chi connectivity index (χ2v) is 3.08. The van der Waals surface area contributed by atoms with Crippen LogP contribution < -0.4 is 5.73 Å². The van der Waals surface area contributed by atoms with Gasteiger partial charge in [0.1, 0.15) is 17.8 Å². The number of nitriles is 2. The SMILES string of the molecule is N#Cc1ccnc(-n2cccc2C#N)c1N. The highest BCUT2D eigenvalue weighted by Gasteiger charge is 2.10. The fourth-order valence-electron chi connectivity index (χ4n) is 1.41. The molecule has 0 aliphatic heterocycles. The lowest BCUT2D eigenvalue weighted by Gasteiger charge is -2.07. The molecule has 5 nitrogen and oxygen atoms in total. The molecule has 2 N–H and O–H groups in total. The van der Waals surface area contributed by atoms with Crippen LogP contribution in [0.25, 0.3) is 5.82 Å². The highest BCUT2D eigenvalue weighted by Crippen LogP contribution is 2.19. The predicted molar refractivity (Wildman–Crippen MR) is 57.4 cm³/mol. The minimum atomic E-state index is 0.276. The summed E-state index contributed by atoms with van der Waals surface area (Å²) in [5, 5.41) is 17.7. The average Bonchev–Trinajstić information content (AvgIpc) is 2.77. The summed E-state index contributed by atoms with van der Waals surface area (Å²) >= 11 is 0. The van der Waals surface area contributed by atoms with E-state index in [0.717, 1.165) is 0 Å². The molecule has 2 aromatic heterocycles. The molecule has 0 bridgehead atoms. The van der Waals surface area contributed by atoms with E-state index in [1.807, 2.05) is 12.1 Å². The van der Waals surface area contributed by atoms with Gasteiger partial charge in [-0.1, -0.05) is 0 Å². The van der Waals surface area contributed by atoms with Crippen LogP contribution in [0.5, 0.6) is 0 Å². The van der Waals surface area contributed by atoms with E-state index in [0.29, 0.717) is 17.1 Å². The van der Waals surface area contributed by atoms with Crippen molar-refractivity contribution in [3.8, 4) is 18.0 Å². The zero-order valence-electron chi connectivity index (χ0n) is 8.25. The third-order valence-corrected chi connectivity index (χ3v) is 2.18. The molecule has 0 aliphatic carbocycles. The molecule has 2 rings (SSSR count). The van der Waals surface area contributed by atoms with Gasteiger partial charge in [-0.05, 0) is 18.2 Å². The van der Waals surface area contributed by atoms with Gasteiger partial charge in [0.2, 0.25) is 0 Å². The summed E-state index contributed by atoms with van der Waals surface area (Å²) in [6, 6.07) is 8.91. The molecule has 2 aromatic rings. The number of aromatic nitrogens is 2. The largest absolute Gasteiger partial charge is 0.395 e. The Bertz CT molecular complexity index is 612. The molecule has 0 unspecified atom stereocenters. The fourth-order valence-corrected chi connectivity index (χ4v) is 1.41. The first-order chi connectivity index (χ1) is 7.77. The zero-order valence-corrected chi connectivity index (χ0v) is 8.25. The monoisotopic (exact) mass is 209 g/mol. The van der Waals surface area contributed by atoms with Crippen molar-refractivity contribution >= 4 is 5.69 Å². The lowest BCUT2D eigenvalue weighted by molar-refractivity contribution is 0.991. The van der Waals surface area contributed by atoms with Crippen LogP contribution >= 0.6 is 0 Å². The first-order valence-corrected chi connectivity index (χ1v) is 4.50. The van der Waals surface area contributed by atoms with Crippen LogP contribution in [0.3, 0.4) is 0 Å². The number of hydrogen-bond donors (Lipinski definition) is 1. The molecule has 0 radical (unpaired) electrons. The third kappa shape index (κ3) is 1.37.